The van der Waals surface area contributed by atoms with Crippen molar-refractivity contribution < 1.29 is 0 Å². The molecule has 0 bridgehead atoms. The highest BCUT2D eigenvalue weighted by molar-refractivity contribution is 9.11. The Bertz CT molecular complexity index is 560. The molecule has 6 heteroatoms. The summed E-state index contributed by atoms with van der Waals surface area (Å²) >= 11 is 12.9. The van der Waals surface area contributed by atoms with Crippen LogP contribution in [-0.2, 0) is 0 Å². The molecule has 0 unspecified atom stereocenters. The molecule has 0 saturated heterocycles. The molecule has 2 rings (SSSR count). The van der Waals surface area contributed by atoms with Crippen molar-refractivity contribution in [1.29, 1.82) is 0 Å². The summed E-state index contributed by atoms with van der Waals surface area (Å²) in [5.74, 6) is 0.569. The van der Waals surface area contributed by atoms with Crippen LogP contribution in [0.25, 0.3) is 0 Å². The molecule has 0 aliphatic heterocycles. The van der Waals surface area contributed by atoms with Crippen LogP contribution in [0.5, 0.6) is 0 Å². The highest BCUT2D eigenvalue weighted by Gasteiger charge is 2.06. The fraction of sp³-hybridized carbons (Fsp3) is 0. The maximum Gasteiger partial charge on any atom is 0.149 e. The van der Waals surface area contributed by atoms with Gasteiger partial charge in [-0.1, -0.05) is 27.5 Å². The van der Waals surface area contributed by atoms with Gasteiger partial charge in [0.15, 0.2) is 0 Å². The summed E-state index contributed by atoms with van der Waals surface area (Å²) in [6.07, 6.45) is 1.56. The fourth-order valence-corrected chi connectivity index (χ4v) is 2.19. The first-order valence-corrected chi connectivity index (χ1v) is 6.66. The third-order valence-corrected chi connectivity index (χ3v) is 3.52. The Labute approximate surface area is 121 Å². The van der Waals surface area contributed by atoms with E-state index in [1.54, 1.807) is 12.3 Å². The maximum atomic E-state index is 6.04. The third kappa shape index (κ3) is 3.12. The Morgan fingerprint density at radius 2 is 2.00 bits per heavy atom. The molecule has 3 nitrogen and oxygen atoms in total. The lowest BCUT2D eigenvalue weighted by molar-refractivity contribution is 1.31. The van der Waals surface area contributed by atoms with Gasteiger partial charge in [0.05, 0.1) is 22.6 Å². The number of nitrogens with two attached hydrogens (primary N) is 1. The van der Waals surface area contributed by atoms with Crippen LogP contribution in [0.3, 0.4) is 0 Å². The summed E-state index contributed by atoms with van der Waals surface area (Å²) in [5.41, 5.74) is 6.99. The lowest BCUT2D eigenvalue weighted by Crippen LogP contribution is -1.97. The first-order chi connectivity index (χ1) is 8.06. The summed E-state index contributed by atoms with van der Waals surface area (Å²) in [7, 11) is 0. The van der Waals surface area contributed by atoms with Crippen molar-refractivity contribution in [2.24, 2.45) is 0 Å². The second-order valence-corrected chi connectivity index (χ2v) is 5.53. The molecule has 0 aliphatic rings. The number of anilines is 3. The normalized spacial score (nSPS) is 10.3. The number of pyridine rings is 1. The third-order valence-electron chi connectivity index (χ3n) is 2.04. The first kappa shape index (κ1) is 12.7. The van der Waals surface area contributed by atoms with E-state index in [0.29, 0.717) is 16.5 Å². The Kier molecular flexibility index (Phi) is 3.91. The number of halogens is 3. The molecular formula is C11H8Br2ClN3. The van der Waals surface area contributed by atoms with Crippen LogP contribution in [0.4, 0.5) is 17.2 Å². The highest BCUT2D eigenvalue weighted by Crippen LogP contribution is 2.31. The van der Waals surface area contributed by atoms with E-state index in [9.17, 15) is 0 Å². The maximum absolute atomic E-state index is 6.04. The molecule has 0 saturated carbocycles. The van der Waals surface area contributed by atoms with Crippen molar-refractivity contribution in [2.75, 3.05) is 11.1 Å². The zero-order valence-corrected chi connectivity index (χ0v) is 12.5. The molecule has 0 radical (unpaired) electrons. The molecule has 0 atom stereocenters. The van der Waals surface area contributed by atoms with E-state index in [-0.39, 0.29) is 0 Å². The molecule has 3 N–H and O–H groups in total. The van der Waals surface area contributed by atoms with Crippen LogP contribution in [0, 0.1) is 0 Å². The Balaban J connectivity index is 2.34. The van der Waals surface area contributed by atoms with E-state index >= 15 is 0 Å². The van der Waals surface area contributed by atoms with Crippen molar-refractivity contribution in [2.45, 2.75) is 0 Å². The van der Waals surface area contributed by atoms with Crippen LogP contribution in [0.1, 0.15) is 0 Å². The van der Waals surface area contributed by atoms with Crippen molar-refractivity contribution >= 4 is 60.7 Å². The average molecular weight is 377 g/mol. The number of nitrogens with one attached hydrogen (secondary N) is 1. The van der Waals surface area contributed by atoms with Crippen LogP contribution in [0.2, 0.25) is 5.02 Å². The monoisotopic (exact) mass is 375 g/mol. The summed E-state index contributed by atoms with van der Waals surface area (Å²) in [6.45, 7) is 0. The number of rotatable bonds is 2. The Morgan fingerprint density at radius 3 is 2.71 bits per heavy atom. The van der Waals surface area contributed by atoms with Gasteiger partial charge in [-0.25, -0.2) is 4.98 Å². The molecule has 2 aromatic rings. The fourth-order valence-electron chi connectivity index (χ4n) is 1.27. The minimum atomic E-state index is 0.483. The molecule has 0 fully saturated rings. The molecular weight excluding hydrogens is 369 g/mol. The van der Waals surface area contributed by atoms with E-state index < -0.39 is 0 Å². The van der Waals surface area contributed by atoms with Crippen molar-refractivity contribution in [3.05, 3.63) is 44.4 Å². The molecule has 17 heavy (non-hydrogen) atoms. The number of aromatic nitrogens is 1. The number of hydrogen-bond donors (Lipinski definition) is 2. The molecule has 1 heterocycles. The number of nitrogen functional groups attached to an aromatic ring is 1. The number of hydrogen-bond acceptors (Lipinski definition) is 3. The second-order valence-electron chi connectivity index (χ2n) is 3.35. The van der Waals surface area contributed by atoms with Gasteiger partial charge in [0.2, 0.25) is 0 Å². The van der Waals surface area contributed by atoms with Crippen molar-refractivity contribution in [3.8, 4) is 0 Å². The van der Waals surface area contributed by atoms with Crippen LogP contribution in [-0.4, -0.2) is 4.98 Å². The van der Waals surface area contributed by atoms with E-state index in [4.69, 9.17) is 17.3 Å². The van der Waals surface area contributed by atoms with Gasteiger partial charge in [0.1, 0.15) is 5.82 Å². The highest BCUT2D eigenvalue weighted by atomic mass is 79.9. The molecule has 0 aliphatic carbocycles. The van der Waals surface area contributed by atoms with Crippen molar-refractivity contribution in [1.82, 2.24) is 4.98 Å². The molecule has 88 valence electrons. The van der Waals surface area contributed by atoms with E-state index in [1.807, 2.05) is 18.2 Å². The second kappa shape index (κ2) is 5.25. The molecule has 1 aromatic carbocycles. The van der Waals surface area contributed by atoms with Crippen LogP contribution >= 0.6 is 43.5 Å². The zero-order chi connectivity index (χ0) is 12.4. The standard InChI is InChI=1S/C11H8Br2ClN3/c12-6-1-2-8(13)10(3-6)17-11-9(14)4-7(15)5-16-11/h1-5H,15H2,(H,16,17). The lowest BCUT2D eigenvalue weighted by Gasteiger charge is -2.10. The minimum Gasteiger partial charge on any atom is -0.397 e. The quantitative estimate of drug-likeness (QED) is 0.805. The summed E-state index contributed by atoms with van der Waals surface area (Å²) < 4.78 is 1.89. The molecule has 1 aromatic heterocycles. The summed E-state index contributed by atoms with van der Waals surface area (Å²) in [6, 6.07) is 7.45. The largest absolute Gasteiger partial charge is 0.397 e. The van der Waals surface area contributed by atoms with Gasteiger partial charge < -0.3 is 11.1 Å². The van der Waals surface area contributed by atoms with Gasteiger partial charge in [-0.2, -0.15) is 0 Å². The molecule has 0 amide bonds. The predicted octanol–water partition coefficient (Wildman–Crippen LogP) is 4.59. The minimum absolute atomic E-state index is 0.483. The van der Waals surface area contributed by atoms with Crippen LogP contribution < -0.4 is 11.1 Å². The van der Waals surface area contributed by atoms with Gasteiger partial charge in [-0.15, -0.1) is 0 Å². The van der Waals surface area contributed by atoms with Crippen LogP contribution in [0.15, 0.2) is 39.4 Å². The SMILES string of the molecule is Nc1cnc(Nc2cc(Br)ccc2Br)c(Cl)c1. The first-order valence-electron chi connectivity index (χ1n) is 4.69. The topological polar surface area (TPSA) is 50.9 Å². The van der Waals surface area contributed by atoms with Gasteiger partial charge >= 0.3 is 0 Å². The van der Waals surface area contributed by atoms with E-state index in [2.05, 4.69) is 42.2 Å². The molecule has 0 spiro atoms. The summed E-state index contributed by atoms with van der Waals surface area (Å²) in [5, 5.41) is 3.62. The summed E-state index contributed by atoms with van der Waals surface area (Å²) in [4.78, 5) is 4.14. The van der Waals surface area contributed by atoms with Crippen molar-refractivity contribution in [3.63, 3.8) is 0 Å². The zero-order valence-electron chi connectivity index (χ0n) is 8.55. The average Bonchev–Trinajstić information content (AvgIpc) is 2.27. The van der Waals surface area contributed by atoms with Gasteiger partial charge in [0.25, 0.3) is 0 Å². The smallest absolute Gasteiger partial charge is 0.149 e. The van der Waals surface area contributed by atoms with E-state index in [0.717, 1.165) is 14.6 Å². The Morgan fingerprint density at radius 1 is 1.24 bits per heavy atom. The number of nitrogens with zero attached hydrogens (tertiary/aromatic N) is 1. The Hall–Kier alpha value is -0.780. The van der Waals surface area contributed by atoms with Gasteiger partial charge in [0, 0.05) is 8.95 Å². The van der Waals surface area contributed by atoms with Gasteiger partial charge in [-0.05, 0) is 40.2 Å². The lowest BCUT2D eigenvalue weighted by atomic mass is 10.3. The number of benzene rings is 1. The van der Waals surface area contributed by atoms with E-state index in [1.165, 1.54) is 0 Å². The van der Waals surface area contributed by atoms with Gasteiger partial charge in [-0.3, -0.25) is 0 Å². The predicted molar refractivity (Wildman–Crippen MR) is 78.8 cm³/mol.